The van der Waals surface area contributed by atoms with E-state index < -0.39 is 0 Å². The molecule has 0 spiro atoms. The highest BCUT2D eigenvalue weighted by Crippen LogP contribution is 2.42. The summed E-state index contributed by atoms with van der Waals surface area (Å²) in [5.74, 6) is 1.13. The highest BCUT2D eigenvalue weighted by molar-refractivity contribution is 5.22. The second-order valence-corrected chi connectivity index (χ2v) is 4.89. The van der Waals surface area contributed by atoms with E-state index >= 15 is 0 Å². The molecule has 2 unspecified atom stereocenters. The molecule has 2 heteroatoms. The largest absolute Gasteiger partial charge is 0.388 e. The highest BCUT2D eigenvalue weighted by Gasteiger charge is 2.32. The number of aromatic nitrogens is 1. The molecule has 0 saturated heterocycles. The Labute approximate surface area is 97.7 Å². The van der Waals surface area contributed by atoms with Crippen LogP contribution in [0.15, 0.2) is 18.3 Å². The summed E-state index contributed by atoms with van der Waals surface area (Å²) in [4.78, 5) is 4.26. The fourth-order valence-electron chi connectivity index (χ4n) is 3.03. The third kappa shape index (κ3) is 2.12. The highest BCUT2D eigenvalue weighted by atomic mass is 16.3. The van der Waals surface area contributed by atoms with Gasteiger partial charge < -0.3 is 5.11 Å². The standard InChI is InChI=1S/C14H21NO/c1-3-11-6-4-7-13(11)14(16)12-8-5-9-15-10(12)2/h5,8-9,11,13-14,16H,3-4,6-7H2,1-2H3/t11?,13?,14-/m1/s1. The van der Waals surface area contributed by atoms with E-state index in [-0.39, 0.29) is 6.10 Å². The van der Waals surface area contributed by atoms with Gasteiger partial charge in [0.25, 0.3) is 0 Å². The Morgan fingerprint density at radius 2 is 2.31 bits per heavy atom. The van der Waals surface area contributed by atoms with Crippen molar-refractivity contribution in [3.05, 3.63) is 29.6 Å². The van der Waals surface area contributed by atoms with Crippen molar-refractivity contribution in [2.45, 2.75) is 45.6 Å². The average molecular weight is 219 g/mol. The zero-order chi connectivity index (χ0) is 11.5. The lowest BCUT2D eigenvalue weighted by Gasteiger charge is -2.25. The van der Waals surface area contributed by atoms with Gasteiger partial charge in [-0.2, -0.15) is 0 Å². The number of aliphatic hydroxyl groups is 1. The normalized spacial score (nSPS) is 26.9. The van der Waals surface area contributed by atoms with Gasteiger partial charge in [-0.25, -0.2) is 0 Å². The van der Waals surface area contributed by atoms with E-state index in [0.29, 0.717) is 11.8 Å². The van der Waals surface area contributed by atoms with Gasteiger partial charge in [-0.05, 0) is 31.2 Å². The number of nitrogens with zero attached hydrogens (tertiary/aromatic N) is 1. The number of pyridine rings is 1. The zero-order valence-corrected chi connectivity index (χ0v) is 10.2. The summed E-state index contributed by atoms with van der Waals surface area (Å²) < 4.78 is 0. The monoisotopic (exact) mass is 219 g/mol. The molecule has 1 aromatic heterocycles. The van der Waals surface area contributed by atoms with Crippen LogP contribution in [0, 0.1) is 18.8 Å². The summed E-state index contributed by atoms with van der Waals surface area (Å²) in [6.45, 7) is 4.21. The minimum absolute atomic E-state index is 0.318. The van der Waals surface area contributed by atoms with Gasteiger partial charge in [-0.3, -0.25) is 4.98 Å². The molecule has 1 aliphatic carbocycles. The fraction of sp³-hybridized carbons (Fsp3) is 0.643. The van der Waals surface area contributed by atoms with Crippen molar-refractivity contribution in [3.63, 3.8) is 0 Å². The van der Waals surface area contributed by atoms with Crippen LogP contribution in [0.1, 0.15) is 50.0 Å². The molecule has 0 bridgehead atoms. The predicted molar refractivity (Wildman–Crippen MR) is 65.1 cm³/mol. The van der Waals surface area contributed by atoms with Crippen LogP contribution < -0.4 is 0 Å². The molecule has 1 N–H and O–H groups in total. The van der Waals surface area contributed by atoms with E-state index in [2.05, 4.69) is 11.9 Å². The third-order valence-corrected chi connectivity index (χ3v) is 4.01. The molecular weight excluding hydrogens is 198 g/mol. The minimum atomic E-state index is -0.318. The van der Waals surface area contributed by atoms with Crippen LogP contribution in [-0.2, 0) is 0 Å². The molecule has 1 aromatic rings. The van der Waals surface area contributed by atoms with Crippen LogP contribution in [0.4, 0.5) is 0 Å². The molecule has 0 amide bonds. The van der Waals surface area contributed by atoms with Crippen molar-refractivity contribution in [1.29, 1.82) is 0 Å². The molecule has 0 radical (unpaired) electrons. The first-order valence-electron chi connectivity index (χ1n) is 6.33. The Kier molecular flexibility index (Phi) is 3.59. The lowest BCUT2D eigenvalue weighted by molar-refractivity contribution is 0.0834. The minimum Gasteiger partial charge on any atom is -0.388 e. The Bertz CT molecular complexity index is 350. The topological polar surface area (TPSA) is 33.1 Å². The van der Waals surface area contributed by atoms with Crippen LogP contribution in [-0.4, -0.2) is 10.1 Å². The quantitative estimate of drug-likeness (QED) is 0.846. The van der Waals surface area contributed by atoms with E-state index in [0.717, 1.165) is 17.7 Å². The van der Waals surface area contributed by atoms with Gasteiger partial charge in [0.15, 0.2) is 0 Å². The molecule has 0 aromatic carbocycles. The lowest BCUT2D eigenvalue weighted by Crippen LogP contribution is -2.17. The summed E-state index contributed by atoms with van der Waals surface area (Å²) in [5, 5.41) is 10.5. The molecule has 1 aliphatic rings. The summed E-state index contributed by atoms with van der Waals surface area (Å²) in [6, 6.07) is 3.93. The number of aryl methyl sites for hydroxylation is 1. The van der Waals surface area contributed by atoms with Crippen molar-refractivity contribution in [1.82, 2.24) is 4.98 Å². The van der Waals surface area contributed by atoms with Gasteiger partial charge in [0.2, 0.25) is 0 Å². The number of hydrogen-bond acceptors (Lipinski definition) is 2. The van der Waals surface area contributed by atoms with Gasteiger partial charge in [0, 0.05) is 17.5 Å². The number of hydrogen-bond donors (Lipinski definition) is 1. The van der Waals surface area contributed by atoms with E-state index in [4.69, 9.17) is 0 Å². The lowest BCUT2D eigenvalue weighted by atomic mass is 9.85. The fourth-order valence-corrected chi connectivity index (χ4v) is 3.03. The second kappa shape index (κ2) is 4.96. The van der Waals surface area contributed by atoms with Crippen LogP contribution in [0.25, 0.3) is 0 Å². The first-order chi connectivity index (χ1) is 7.74. The van der Waals surface area contributed by atoms with E-state index in [1.165, 1.54) is 19.3 Å². The second-order valence-electron chi connectivity index (χ2n) is 4.89. The predicted octanol–water partition coefficient (Wildman–Crippen LogP) is 3.25. The Hall–Kier alpha value is -0.890. The van der Waals surface area contributed by atoms with Gasteiger partial charge in [0.05, 0.1) is 6.10 Å². The molecule has 1 saturated carbocycles. The van der Waals surface area contributed by atoms with E-state index in [1.54, 1.807) is 6.20 Å². The smallest absolute Gasteiger partial charge is 0.0838 e. The Morgan fingerprint density at radius 3 is 3.00 bits per heavy atom. The van der Waals surface area contributed by atoms with Crippen LogP contribution in [0.2, 0.25) is 0 Å². The maximum atomic E-state index is 10.5. The maximum absolute atomic E-state index is 10.5. The molecule has 88 valence electrons. The van der Waals surface area contributed by atoms with E-state index in [9.17, 15) is 5.11 Å². The van der Waals surface area contributed by atoms with Gasteiger partial charge in [-0.1, -0.05) is 32.3 Å². The number of aliphatic hydroxyl groups excluding tert-OH is 1. The van der Waals surface area contributed by atoms with Gasteiger partial charge in [-0.15, -0.1) is 0 Å². The summed E-state index contributed by atoms with van der Waals surface area (Å²) in [7, 11) is 0. The summed E-state index contributed by atoms with van der Waals surface area (Å²) in [6.07, 6.45) is 6.35. The summed E-state index contributed by atoms with van der Waals surface area (Å²) >= 11 is 0. The van der Waals surface area contributed by atoms with Crippen molar-refractivity contribution < 1.29 is 5.11 Å². The van der Waals surface area contributed by atoms with Crippen molar-refractivity contribution in [2.24, 2.45) is 11.8 Å². The van der Waals surface area contributed by atoms with Crippen LogP contribution >= 0.6 is 0 Å². The van der Waals surface area contributed by atoms with Crippen LogP contribution in [0.3, 0.4) is 0 Å². The molecular formula is C14H21NO. The molecule has 16 heavy (non-hydrogen) atoms. The van der Waals surface area contributed by atoms with Crippen molar-refractivity contribution in [3.8, 4) is 0 Å². The van der Waals surface area contributed by atoms with E-state index in [1.807, 2.05) is 19.1 Å². The molecule has 2 nitrogen and oxygen atoms in total. The molecule has 1 fully saturated rings. The maximum Gasteiger partial charge on any atom is 0.0838 e. The molecule has 2 rings (SSSR count). The first-order valence-corrected chi connectivity index (χ1v) is 6.33. The first kappa shape index (κ1) is 11.6. The molecule has 3 atom stereocenters. The van der Waals surface area contributed by atoms with Crippen LogP contribution in [0.5, 0.6) is 0 Å². The van der Waals surface area contributed by atoms with Gasteiger partial charge >= 0.3 is 0 Å². The van der Waals surface area contributed by atoms with Crippen molar-refractivity contribution in [2.75, 3.05) is 0 Å². The summed E-state index contributed by atoms with van der Waals surface area (Å²) in [5.41, 5.74) is 1.99. The number of rotatable bonds is 3. The molecule has 0 aliphatic heterocycles. The molecule has 1 heterocycles. The Balaban J connectivity index is 2.18. The SMILES string of the molecule is CCC1CCCC1[C@H](O)c1cccnc1C. The Morgan fingerprint density at radius 1 is 1.50 bits per heavy atom. The van der Waals surface area contributed by atoms with Crippen molar-refractivity contribution >= 4 is 0 Å². The average Bonchev–Trinajstić information content (AvgIpc) is 2.77. The van der Waals surface area contributed by atoms with Gasteiger partial charge in [0.1, 0.15) is 0 Å². The zero-order valence-electron chi connectivity index (χ0n) is 10.2. The third-order valence-electron chi connectivity index (χ3n) is 4.01.